The highest BCUT2D eigenvalue weighted by atomic mass is 16.5. The van der Waals surface area contributed by atoms with Gasteiger partial charge in [0, 0.05) is 20.0 Å². The highest BCUT2D eigenvalue weighted by Crippen LogP contribution is 2.52. The molecule has 4 rings (SSSR count). The number of ether oxygens (including phenoxy) is 1. The lowest BCUT2D eigenvalue weighted by Gasteiger charge is -2.47. The van der Waals surface area contributed by atoms with E-state index in [1.165, 1.54) is 34.8 Å². The summed E-state index contributed by atoms with van der Waals surface area (Å²) in [6, 6.07) is 0. The maximum atomic E-state index is 12.6. The first-order valence-corrected chi connectivity index (χ1v) is 8.04. The van der Waals surface area contributed by atoms with Crippen LogP contribution in [0.25, 0.3) is 0 Å². The van der Waals surface area contributed by atoms with Gasteiger partial charge in [-0.05, 0) is 31.1 Å². The van der Waals surface area contributed by atoms with Crippen LogP contribution in [-0.2, 0) is 14.1 Å². The fourth-order valence-corrected chi connectivity index (χ4v) is 4.85. The van der Waals surface area contributed by atoms with Crippen molar-refractivity contribution in [2.24, 2.45) is 25.9 Å². The molecule has 2 fully saturated rings. The van der Waals surface area contributed by atoms with E-state index in [4.69, 9.17) is 4.74 Å². The zero-order valence-electron chi connectivity index (χ0n) is 12.7. The number of nitrogens with zero attached hydrogens (tertiary/aromatic N) is 2. The summed E-state index contributed by atoms with van der Waals surface area (Å²) in [6.07, 6.45) is 7.27. The van der Waals surface area contributed by atoms with Crippen LogP contribution in [0.3, 0.4) is 0 Å². The summed E-state index contributed by atoms with van der Waals surface area (Å²) in [5.41, 5.74) is 0.314. The summed E-state index contributed by atoms with van der Waals surface area (Å²) in [6.45, 7) is 0. The minimum absolute atomic E-state index is 0.150. The van der Waals surface area contributed by atoms with E-state index in [9.17, 15) is 9.59 Å². The molecule has 5 heteroatoms. The first-order chi connectivity index (χ1) is 10.1. The van der Waals surface area contributed by atoms with Gasteiger partial charge in [-0.3, -0.25) is 13.9 Å². The second-order valence-corrected chi connectivity index (χ2v) is 6.95. The second kappa shape index (κ2) is 4.49. The molecular formula is C16H22N2O3. The van der Waals surface area contributed by atoms with Crippen molar-refractivity contribution >= 4 is 0 Å². The number of rotatable bonds is 0. The van der Waals surface area contributed by atoms with Crippen molar-refractivity contribution in [3.63, 3.8) is 0 Å². The summed E-state index contributed by atoms with van der Waals surface area (Å²) in [7, 11) is 3.28. The summed E-state index contributed by atoms with van der Waals surface area (Å²) in [4.78, 5) is 24.7. The first kappa shape index (κ1) is 13.2. The zero-order valence-corrected chi connectivity index (χ0v) is 12.7. The number of aromatic nitrogens is 2. The predicted molar refractivity (Wildman–Crippen MR) is 78.8 cm³/mol. The Morgan fingerprint density at radius 1 is 1.05 bits per heavy atom. The van der Waals surface area contributed by atoms with Gasteiger partial charge in [0.15, 0.2) is 0 Å². The molecule has 2 bridgehead atoms. The van der Waals surface area contributed by atoms with Gasteiger partial charge in [-0.1, -0.05) is 19.3 Å². The summed E-state index contributed by atoms with van der Waals surface area (Å²) >= 11 is 0. The van der Waals surface area contributed by atoms with E-state index in [2.05, 4.69) is 0 Å². The molecule has 1 aliphatic heterocycles. The van der Waals surface area contributed by atoms with E-state index in [1.54, 1.807) is 14.1 Å². The minimum Gasteiger partial charge on any atom is -0.475 e. The summed E-state index contributed by atoms with van der Waals surface area (Å²) in [5, 5.41) is 0. The van der Waals surface area contributed by atoms with Crippen molar-refractivity contribution in [2.75, 3.05) is 0 Å². The Kier molecular flexibility index (Phi) is 2.81. The van der Waals surface area contributed by atoms with Crippen LogP contribution >= 0.6 is 0 Å². The second-order valence-electron chi connectivity index (χ2n) is 6.95. The average Bonchev–Trinajstić information content (AvgIpc) is 2.50. The molecule has 0 N–H and O–H groups in total. The van der Waals surface area contributed by atoms with Crippen LogP contribution in [0, 0.1) is 11.8 Å². The van der Waals surface area contributed by atoms with Gasteiger partial charge in [0.05, 0.1) is 5.56 Å². The Labute approximate surface area is 123 Å². The molecule has 1 aromatic heterocycles. The number of hydrogen-bond acceptors (Lipinski definition) is 3. The van der Waals surface area contributed by atoms with Crippen LogP contribution in [0.4, 0.5) is 0 Å². The van der Waals surface area contributed by atoms with E-state index in [-0.39, 0.29) is 23.3 Å². The molecule has 2 saturated carbocycles. The maximum Gasteiger partial charge on any atom is 0.333 e. The van der Waals surface area contributed by atoms with Gasteiger partial charge in [-0.25, -0.2) is 4.79 Å². The molecular weight excluding hydrogens is 268 g/mol. The highest BCUT2D eigenvalue weighted by molar-refractivity contribution is 5.33. The predicted octanol–water partition coefficient (Wildman–Crippen LogP) is 1.53. The third kappa shape index (κ3) is 1.75. The van der Waals surface area contributed by atoms with E-state index in [1.807, 2.05) is 0 Å². The van der Waals surface area contributed by atoms with Gasteiger partial charge in [0.25, 0.3) is 5.56 Å². The molecule has 1 aromatic rings. The van der Waals surface area contributed by atoms with Crippen LogP contribution in [-0.4, -0.2) is 15.2 Å². The van der Waals surface area contributed by atoms with Crippen LogP contribution < -0.4 is 16.0 Å². The first-order valence-electron chi connectivity index (χ1n) is 8.04. The highest BCUT2D eigenvalue weighted by Gasteiger charge is 2.46. The smallest absolute Gasteiger partial charge is 0.333 e. The standard InChI is InChI=1S/C16H22N2O3/c1-17-14(19)13-12-8-10(21-15(13)18(2)16(17)20)7-9-5-3-4-6-11(9)12/h9-12H,3-8H2,1-2H3/t9-,10+,11+,12+/m0/s1. The fraction of sp³-hybridized carbons (Fsp3) is 0.750. The molecule has 0 radical (unpaired) electrons. The molecule has 0 aromatic carbocycles. The summed E-state index contributed by atoms with van der Waals surface area (Å²) < 4.78 is 8.79. The lowest BCUT2D eigenvalue weighted by molar-refractivity contribution is 0.0200. The van der Waals surface area contributed by atoms with Crippen LogP contribution in [0.5, 0.6) is 5.88 Å². The Morgan fingerprint density at radius 3 is 2.62 bits per heavy atom. The van der Waals surface area contributed by atoms with Crippen LogP contribution in [0.15, 0.2) is 9.59 Å². The third-order valence-electron chi connectivity index (χ3n) is 5.86. The van der Waals surface area contributed by atoms with Crippen molar-refractivity contribution in [1.82, 2.24) is 9.13 Å². The average molecular weight is 290 g/mol. The molecule has 21 heavy (non-hydrogen) atoms. The van der Waals surface area contributed by atoms with Gasteiger partial charge in [0.2, 0.25) is 5.88 Å². The van der Waals surface area contributed by atoms with Crippen molar-refractivity contribution in [1.29, 1.82) is 0 Å². The molecule has 0 unspecified atom stereocenters. The van der Waals surface area contributed by atoms with Crippen molar-refractivity contribution in [3.8, 4) is 5.88 Å². The van der Waals surface area contributed by atoms with Crippen molar-refractivity contribution < 1.29 is 4.74 Å². The van der Waals surface area contributed by atoms with Gasteiger partial charge in [0.1, 0.15) is 6.10 Å². The van der Waals surface area contributed by atoms with Gasteiger partial charge in [-0.15, -0.1) is 0 Å². The third-order valence-corrected chi connectivity index (χ3v) is 5.86. The molecule has 3 aliphatic rings. The number of hydrogen-bond donors (Lipinski definition) is 0. The fourth-order valence-electron chi connectivity index (χ4n) is 4.85. The van der Waals surface area contributed by atoms with Crippen LogP contribution in [0.2, 0.25) is 0 Å². The Balaban J connectivity index is 1.92. The van der Waals surface area contributed by atoms with E-state index >= 15 is 0 Å². The molecule has 114 valence electrons. The Morgan fingerprint density at radius 2 is 1.81 bits per heavy atom. The minimum atomic E-state index is -0.293. The monoisotopic (exact) mass is 290 g/mol. The zero-order chi connectivity index (χ0) is 14.7. The summed E-state index contributed by atoms with van der Waals surface area (Å²) in [5.74, 6) is 2.11. The lowest BCUT2D eigenvalue weighted by Crippen LogP contribution is -2.48. The topological polar surface area (TPSA) is 53.2 Å². The van der Waals surface area contributed by atoms with E-state index in [0.29, 0.717) is 17.7 Å². The molecule has 5 nitrogen and oxygen atoms in total. The quantitative estimate of drug-likeness (QED) is 0.728. The van der Waals surface area contributed by atoms with Gasteiger partial charge < -0.3 is 4.74 Å². The van der Waals surface area contributed by atoms with Crippen LogP contribution in [0.1, 0.15) is 50.0 Å². The molecule has 0 saturated heterocycles. The number of fused-ring (bicyclic) bond motifs is 6. The maximum absolute atomic E-state index is 12.6. The largest absolute Gasteiger partial charge is 0.475 e. The van der Waals surface area contributed by atoms with Gasteiger partial charge in [-0.2, -0.15) is 0 Å². The van der Waals surface area contributed by atoms with E-state index in [0.717, 1.165) is 18.4 Å². The molecule has 4 atom stereocenters. The molecule has 0 amide bonds. The SMILES string of the molecule is Cn1c2c(c(=O)n(C)c1=O)[C@@H]1C[C@@H](C[C@@H]3CCCC[C@H]31)O2. The van der Waals surface area contributed by atoms with Gasteiger partial charge >= 0.3 is 5.69 Å². The Bertz CT molecular complexity index is 703. The molecule has 0 spiro atoms. The molecule has 2 aliphatic carbocycles. The van der Waals surface area contributed by atoms with Crippen molar-refractivity contribution in [3.05, 3.63) is 26.4 Å². The van der Waals surface area contributed by atoms with Crippen molar-refractivity contribution in [2.45, 2.75) is 50.5 Å². The van der Waals surface area contributed by atoms with E-state index < -0.39 is 0 Å². The molecule has 2 heterocycles. The normalized spacial score (nSPS) is 33.8. The lowest BCUT2D eigenvalue weighted by atomic mass is 9.62. The Hall–Kier alpha value is -1.52.